The topological polar surface area (TPSA) is 75.0 Å². The summed E-state index contributed by atoms with van der Waals surface area (Å²) in [6, 6.07) is 8.95. The number of anilines is 1. The van der Waals surface area contributed by atoms with Gasteiger partial charge in [0, 0.05) is 42.8 Å². The molecule has 2 heterocycles. The minimum atomic E-state index is -4.78. The molecule has 0 radical (unpaired) electrons. The number of benzene rings is 2. The third-order valence-corrected chi connectivity index (χ3v) is 5.49. The molecule has 1 saturated heterocycles. The van der Waals surface area contributed by atoms with Gasteiger partial charge in [0.25, 0.3) is 5.91 Å². The molecule has 34 heavy (non-hydrogen) atoms. The summed E-state index contributed by atoms with van der Waals surface area (Å²) in [5, 5.41) is 3.17. The van der Waals surface area contributed by atoms with Crippen LogP contribution in [0.15, 0.2) is 46.9 Å². The van der Waals surface area contributed by atoms with Crippen LogP contribution in [-0.4, -0.2) is 60.7 Å². The first-order valence-corrected chi connectivity index (χ1v) is 10.4. The van der Waals surface area contributed by atoms with Crippen molar-refractivity contribution >= 4 is 28.5 Å². The fraction of sp³-hybridized carbons (Fsp3) is 0.304. The summed E-state index contributed by atoms with van der Waals surface area (Å²) in [7, 11) is 0. The SMILES string of the molecule is Cc1c(C(=O)N2CCN(CC(=O)Nc3ccc(OC(F)(F)F)cc3)CC2)oc2ccc(F)cc12. The molecule has 0 aliphatic carbocycles. The van der Waals surface area contributed by atoms with Gasteiger partial charge in [0.15, 0.2) is 5.76 Å². The van der Waals surface area contributed by atoms with Crippen LogP contribution in [0.1, 0.15) is 16.1 Å². The second kappa shape index (κ2) is 9.34. The van der Waals surface area contributed by atoms with Gasteiger partial charge in [-0.2, -0.15) is 0 Å². The Hall–Kier alpha value is -3.60. The number of halogens is 4. The maximum atomic E-state index is 13.5. The number of aryl methyl sites for hydroxylation is 1. The second-order valence-electron chi connectivity index (χ2n) is 7.89. The number of alkyl halides is 3. The average Bonchev–Trinajstić information content (AvgIpc) is 3.10. The molecular weight excluding hydrogens is 458 g/mol. The molecule has 1 fully saturated rings. The van der Waals surface area contributed by atoms with Crippen LogP contribution in [0.3, 0.4) is 0 Å². The minimum absolute atomic E-state index is 0.0613. The van der Waals surface area contributed by atoms with Crippen LogP contribution in [0.4, 0.5) is 23.2 Å². The van der Waals surface area contributed by atoms with E-state index in [4.69, 9.17) is 4.42 Å². The standard InChI is InChI=1S/C23H21F4N3O4/c1-14-18-12-15(24)2-7-19(18)33-21(14)22(32)30-10-8-29(9-11-30)13-20(31)28-16-3-5-17(6-4-16)34-23(25,26)27/h2-7,12H,8-11,13H2,1H3,(H,28,31). The predicted octanol–water partition coefficient (Wildman–Crippen LogP) is 4.18. The van der Waals surface area contributed by atoms with Gasteiger partial charge in [0.2, 0.25) is 5.91 Å². The van der Waals surface area contributed by atoms with E-state index in [1.807, 2.05) is 4.90 Å². The number of amides is 2. The van der Waals surface area contributed by atoms with Crippen molar-refractivity contribution in [2.45, 2.75) is 13.3 Å². The molecule has 7 nitrogen and oxygen atoms in total. The van der Waals surface area contributed by atoms with Crippen molar-refractivity contribution in [2.75, 3.05) is 38.0 Å². The number of hydrogen-bond acceptors (Lipinski definition) is 5. The molecule has 2 amide bonds. The zero-order valence-corrected chi connectivity index (χ0v) is 18.1. The molecule has 0 unspecified atom stereocenters. The quantitative estimate of drug-likeness (QED) is 0.556. The van der Waals surface area contributed by atoms with E-state index in [0.29, 0.717) is 48.4 Å². The van der Waals surface area contributed by atoms with Crippen molar-refractivity contribution in [2.24, 2.45) is 0 Å². The fourth-order valence-corrected chi connectivity index (χ4v) is 3.79. The second-order valence-corrected chi connectivity index (χ2v) is 7.89. The van der Waals surface area contributed by atoms with Gasteiger partial charge in [-0.15, -0.1) is 13.2 Å². The number of nitrogens with zero attached hydrogens (tertiary/aromatic N) is 2. The summed E-state index contributed by atoms with van der Waals surface area (Å²) >= 11 is 0. The number of piperazine rings is 1. The Labute approximate surface area is 191 Å². The van der Waals surface area contributed by atoms with Crippen LogP contribution >= 0.6 is 0 Å². The molecule has 3 aromatic rings. The Bertz CT molecular complexity index is 1200. The summed E-state index contributed by atoms with van der Waals surface area (Å²) in [6.07, 6.45) is -4.78. The van der Waals surface area contributed by atoms with E-state index in [2.05, 4.69) is 10.1 Å². The third-order valence-electron chi connectivity index (χ3n) is 5.49. The van der Waals surface area contributed by atoms with E-state index >= 15 is 0 Å². The van der Waals surface area contributed by atoms with Crippen molar-refractivity contribution in [1.82, 2.24) is 9.80 Å². The van der Waals surface area contributed by atoms with Crippen molar-refractivity contribution in [3.05, 3.63) is 59.6 Å². The van der Waals surface area contributed by atoms with Gasteiger partial charge in [-0.1, -0.05) is 0 Å². The molecule has 1 aliphatic rings. The lowest BCUT2D eigenvalue weighted by molar-refractivity contribution is -0.274. The first kappa shape index (κ1) is 23.6. The molecule has 180 valence electrons. The van der Waals surface area contributed by atoms with E-state index < -0.39 is 12.2 Å². The Morgan fingerprint density at radius 1 is 1.06 bits per heavy atom. The number of furan rings is 1. The lowest BCUT2D eigenvalue weighted by Crippen LogP contribution is -2.50. The third kappa shape index (κ3) is 5.48. The van der Waals surface area contributed by atoms with E-state index in [1.165, 1.54) is 30.3 Å². The molecule has 1 N–H and O–H groups in total. The van der Waals surface area contributed by atoms with Crippen LogP contribution in [0.5, 0.6) is 5.75 Å². The van der Waals surface area contributed by atoms with Gasteiger partial charge in [-0.3, -0.25) is 14.5 Å². The highest BCUT2D eigenvalue weighted by molar-refractivity contribution is 5.99. The number of carbonyl (C=O) groups excluding carboxylic acids is 2. The molecule has 1 aliphatic heterocycles. The predicted molar refractivity (Wildman–Crippen MR) is 115 cm³/mol. The zero-order valence-electron chi connectivity index (χ0n) is 18.1. The molecule has 4 rings (SSSR count). The van der Waals surface area contributed by atoms with Gasteiger partial charge < -0.3 is 19.4 Å². The van der Waals surface area contributed by atoms with Gasteiger partial charge >= 0.3 is 6.36 Å². The van der Waals surface area contributed by atoms with Crippen LogP contribution in [0.25, 0.3) is 11.0 Å². The highest BCUT2D eigenvalue weighted by Crippen LogP contribution is 2.27. The normalized spacial score (nSPS) is 14.9. The summed E-state index contributed by atoms with van der Waals surface area (Å²) in [5.74, 6) is -1.24. The number of fused-ring (bicyclic) bond motifs is 1. The first-order valence-electron chi connectivity index (χ1n) is 10.4. The molecule has 0 saturated carbocycles. The van der Waals surface area contributed by atoms with Crippen LogP contribution in [-0.2, 0) is 4.79 Å². The molecule has 11 heteroatoms. The largest absolute Gasteiger partial charge is 0.573 e. The van der Waals surface area contributed by atoms with E-state index in [9.17, 15) is 27.2 Å². The maximum absolute atomic E-state index is 13.5. The van der Waals surface area contributed by atoms with Gasteiger partial charge in [0.05, 0.1) is 6.54 Å². The Morgan fingerprint density at radius 3 is 2.38 bits per heavy atom. The van der Waals surface area contributed by atoms with Crippen LogP contribution in [0.2, 0.25) is 0 Å². The number of carbonyl (C=O) groups is 2. The molecule has 0 spiro atoms. The van der Waals surface area contributed by atoms with Crippen LogP contribution < -0.4 is 10.1 Å². The summed E-state index contributed by atoms with van der Waals surface area (Å²) < 4.78 is 59.7. The van der Waals surface area contributed by atoms with Crippen LogP contribution in [0, 0.1) is 12.7 Å². The molecular formula is C23H21F4N3O4. The number of hydrogen-bond donors (Lipinski definition) is 1. The van der Waals surface area contributed by atoms with Gasteiger partial charge in [0.1, 0.15) is 17.1 Å². The van der Waals surface area contributed by atoms with Gasteiger partial charge in [-0.05, 0) is 49.4 Å². The average molecular weight is 479 g/mol. The highest BCUT2D eigenvalue weighted by Gasteiger charge is 2.31. The monoisotopic (exact) mass is 479 g/mol. The van der Waals surface area contributed by atoms with E-state index in [0.717, 1.165) is 12.1 Å². The van der Waals surface area contributed by atoms with Crippen molar-refractivity contribution < 1.29 is 36.3 Å². The number of ether oxygens (including phenoxy) is 1. The summed E-state index contributed by atoms with van der Waals surface area (Å²) in [6.45, 7) is 3.42. The van der Waals surface area contributed by atoms with Gasteiger partial charge in [-0.25, -0.2) is 4.39 Å². The lowest BCUT2D eigenvalue weighted by Gasteiger charge is -2.33. The Balaban J connectivity index is 1.29. The minimum Gasteiger partial charge on any atom is -0.451 e. The Kier molecular flexibility index (Phi) is 6.47. The molecule has 2 aromatic carbocycles. The summed E-state index contributed by atoms with van der Waals surface area (Å²) in [5.41, 5.74) is 1.36. The van der Waals surface area contributed by atoms with Crippen molar-refractivity contribution in [3.63, 3.8) is 0 Å². The first-order chi connectivity index (χ1) is 16.1. The zero-order chi connectivity index (χ0) is 24.5. The molecule has 0 bridgehead atoms. The Morgan fingerprint density at radius 2 is 1.74 bits per heavy atom. The van der Waals surface area contributed by atoms with Crippen molar-refractivity contribution in [1.29, 1.82) is 0 Å². The number of rotatable bonds is 5. The maximum Gasteiger partial charge on any atom is 0.573 e. The summed E-state index contributed by atoms with van der Waals surface area (Å²) in [4.78, 5) is 28.7. The van der Waals surface area contributed by atoms with Crippen molar-refractivity contribution in [3.8, 4) is 5.75 Å². The number of nitrogens with one attached hydrogen (secondary N) is 1. The van der Waals surface area contributed by atoms with E-state index in [-0.39, 0.29) is 29.9 Å². The smallest absolute Gasteiger partial charge is 0.451 e. The lowest BCUT2D eigenvalue weighted by atomic mass is 10.1. The fourth-order valence-electron chi connectivity index (χ4n) is 3.79. The molecule has 0 atom stereocenters. The highest BCUT2D eigenvalue weighted by atomic mass is 19.4. The molecule has 1 aromatic heterocycles. The van der Waals surface area contributed by atoms with E-state index in [1.54, 1.807) is 11.8 Å².